The molecule has 0 spiro atoms. The molecule has 1 rings (SSSR count). The van der Waals surface area contributed by atoms with Gasteiger partial charge in [0.05, 0.1) is 5.57 Å². The van der Waals surface area contributed by atoms with Crippen LogP contribution in [-0.4, -0.2) is 11.5 Å². The van der Waals surface area contributed by atoms with Gasteiger partial charge in [-0.1, -0.05) is 29.7 Å². The van der Waals surface area contributed by atoms with Crippen LogP contribution in [0.25, 0.3) is 0 Å². The molecule has 3 heteroatoms. The van der Waals surface area contributed by atoms with Gasteiger partial charge in [0.2, 0.25) is 0 Å². The third kappa shape index (κ3) is 2.78. The first kappa shape index (κ1) is 12.2. The second-order valence-corrected chi connectivity index (χ2v) is 4.15. The Bertz CT molecular complexity index is 364. The molecule has 0 saturated carbocycles. The van der Waals surface area contributed by atoms with Gasteiger partial charge in [-0.2, -0.15) is 0 Å². The van der Waals surface area contributed by atoms with E-state index in [1.165, 1.54) is 5.57 Å². The second-order valence-electron chi connectivity index (χ2n) is 3.80. The fourth-order valence-corrected chi connectivity index (χ4v) is 1.94. The van der Waals surface area contributed by atoms with Crippen LogP contribution in [0.1, 0.15) is 40.0 Å². The largest absolute Gasteiger partial charge is 0.298 e. The number of carbonyl (C=O) groups is 1. The minimum Gasteiger partial charge on any atom is -0.298 e. The minimum atomic E-state index is 0.332. The molecule has 0 amide bonds. The van der Waals surface area contributed by atoms with E-state index in [0.717, 1.165) is 36.8 Å². The molecule has 0 fully saturated rings. The SMILES string of the molecule is CCC1=C(C)CCC(C)=C(C=O)C(Cl)=N1. The Morgan fingerprint density at radius 2 is 1.93 bits per heavy atom. The molecular weight excluding hydrogens is 210 g/mol. The highest BCUT2D eigenvalue weighted by atomic mass is 35.5. The van der Waals surface area contributed by atoms with Crippen LogP contribution in [0.15, 0.2) is 27.4 Å². The first-order chi connectivity index (χ1) is 7.10. The highest BCUT2D eigenvalue weighted by Crippen LogP contribution is 2.24. The van der Waals surface area contributed by atoms with Gasteiger partial charge in [0, 0.05) is 5.70 Å². The van der Waals surface area contributed by atoms with E-state index in [1.807, 2.05) is 13.8 Å². The van der Waals surface area contributed by atoms with E-state index < -0.39 is 0 Å². The van der Waals surface area contributed by atoms with Crippen LogP contribution in [0.4, 0.5) is 0 Å². The van der Waals surface area contributed by atoms with Gasteiger partial charge in [0.15, 0.2) is 6.29 Å². The molecule has 82 valence electrons. The molecule has 1 aliphatic heterocycles. The van der Waals surface area contributed by atoms with Crippen molar-refractivity contribution in [2.24, 2.45) is 4.99 Å². The second kappa shape index (κ2) is 5.26. The topological polar surface area (TPSA) is 29.4 Å². The smallest absolute Gasteiger partial charge is 0.153 e. The number of allylic oxidation sites excluding steroid dienone is 4. The predicted molar refractivity (Wildman–Crippen MR) is 64.3 cm³/mol. The Morgan fingerprint density at radius 1 is 1.33 bits per heavy atom. The van der Waals surface area contributed by atoms with E-state index in [9.17, 15) is 4.79 Å². The molecule has 0 unspecified atom stereocenters. The number of hydrogen-bond acceptors (Lipinski definition) is 2. The zero-order chi connectivity index (χ0) is 11.4. The van der Waals surface area contributed by atoms with Crippen molar-refractivity contribution >= 4 is 23.1 Å². The maximum absolute atomic E-state index is 10.9. The van der Waals surface area contributed by atoms with E-state index in [1.54, 1.807) is 0 Å². The summed E-state index contributed by atoms with van der Waals surface area (Å²) in [5, 5.41) is 0.332. The zero-order valence-electron chi connectivity index (χ0n) is 9.43. The lowest BCUT2D eigenvalue weighted by atomic mass is 9.99. The lowest BCUT2D eigenvalue weighted by Crippen LogP contribution is -2.04. The number of rotatable bonds is 2. The first-order valence-electron chi connectivity index (χ1n) is 5.18. The van der Waals surface area contributed by atoms with Crippen molar-refractivity contribution in [3.8, 4) is 0 Å². The molecule has 15 heavy (non-hydrogen) atoms. The third-order valence-electron chi connectivity index (χ3n) is 2.74. The number of nitrogens with zero attached hydrogens (tertiary/aromatic N) is 1. The average molecular weight is 226 g/mol. The van der Waals surface area contributed by atoms with Crippen molar-refractivity contribution in [3.05, 3.63) is 22.4 Å². The minimum absolute atomic E-state index is 0.332. The molecule has 1 aliphatic rings. The van der Waals surface area contributed by atoms with Gasteiger partial charge >= 0.3 is 0 Å². The van der Waals surface area contributed by atoms with E-state index in [0.29, 0.717) is 10.7 Å². The highest BCUT2D eigenvalue weighted by molar-refractivity contribution is 6.72. The Balaban J connectivity index is 3.21. The molecule has 0 aromatic heterocycles. The van der Waals surface area contributed by atoms with Gasteiger partial charge in [-0.05, 0) is 33.1 Å². The fourth-order valence-electron chi connectivity index (χ4n) is 1.63. The lowest BCUT2D eigenvalue weighted by molar-refractivity contribution is -0.104. The molecule has 0 bridgehead atoms. The molecule has 1 heterocycles. The number of halogens is 1. The maximum Gasteiger partial charge on any atom is 0.153 e. The molecule has 0 atom stereocenters. The summed E-state index contributed by atoms with van der Waals surface area (Å²) in [7, 11) is 0. The highest BCUT2D eigenvalue weighted by Gasteiger charge is 2.12. The Morgan fingerprint density at radius 3 is 2.47 bits per heavy atom. The summed E-state index contributed by atoms with van der Waals surface area (Å²) in [6.45, 7) is 6.06. The van der Waals surface area contributed by atoms with E-state index in [2.05, 4.69) is 11.9 Å². The van der Waals surface area contributed by atoms with Gasteiger partial charge in [-0.3, -0.25) is 4.79 Å². The van der Waals surface area contributed by atoms with Crippen LogP contribution >= 0.6 is 11.6 Å². The van der Waals surface area contributed by atoms with Crippen molar-refractivity contribution < 1.29 is 4.79 Å². The Kier molecular flexibility index (Phi) is 4.28. The molecule has 0 aliphatic carbocycles. The van der Waals surface area contributed by atoms with Gasteiger partial charge in [-0.25, -0.2) is 4.99 Å². The Hall–Kier alpha value is -0.890. The van der Waals surface area contributed by atoms with E-state index in [4.69, 9.17) is 11.6 Å². The summed E-state index contributed by atoms with van der Waals surface area (Å²) >= 11 is 6.02. The van der Waals surface area contributed by atoms with Gasteiger partial charge in [-0.15, -0.1) is 0 Å². The molecule has 0 N–H and O–H groups in total. The predicted octanol–water partition coefficient (Wildman–Crippen LogP) is 3.62. The molecule has 0 aromatic carbocycles. The summed E-state index contributed by atoms with van der Waals surface area (Å²) in [5.41, 5.74) is 3.84. The van der Waals surface area contributed by atoms with Crippen molar-refractivity contribution in [2.45, 2.75) is 40.0 Å². The number of aliphatic imine (C=N–C) groups is 1. The van der Waals surface area contributed by atoms with Crippen molar-refractivity contribution in [2.75, 3.05) is 0 Å². The quantitative estimate of drug-likeness (QED) is 0.660. The van der Waals surface area contributed by atoms with Crippen molar-refractivity contribution in [3.63, 3.8) is 0 Å². The molecule has 2 nitrogen and oxygen atoms in total. The lowest BCUT2D eigenvalue weighted by Gasteiger charge is -2.13. The van der Waals surface area contributed by atoms with Gasteiger partial charge in [0.25, 0.3) is 0 Å². The number of hydrogen-bond donors (Lipinski definition) is 0. The molecule has 0 radical (unpaired) electrons. The van der Waals surface area contributed by atoms with Gasteiger partial charge < -0.3 is 0 Å². The van der Waals surface area contributed by atoms with Crippen LogP contribution in [0.2, 0.25) is 0 Å². The van der Waals surface area contributed by atoms with Crippen molar-refractivity contribution in [1.82, 2.24) is 0 Å². The molecular formula is C12H16ClNO. The third-order valence-corrected chi connectivity index (χ3v) is 3.02. The number of carbonyl (C=O) groups excluding carboxylic acids is 1. The molecule has 0 aromatic rings. The maximum atomic E-state index is 10.9. The fraction of sp³-hybridized carbons (Fsp3) is 0.500. The summed E-state index contributed by atoms with van der Waals surface area (Å²) in [5.74, 6) is 0. The van der Waals surface area contributed by atoms with Gasteiger partial charge in [0.1, 0.15) is 5.17 Å². The standard InChI is InChI=1S/C12H16ClNO/c1-4-11-9(3)6-5-8(2)10(7-15)12(13)14-11/h7H,4-6H2,1-3H3. The first-order valence-corrected chi connectivity index (χ1v) is 5.56. The summed E-state index contributed by atoms with van der Waals surface area (Å²) in [6, 6.07) is 0. The van der Waals surface area contributed by atoms with Crippen LogP contribution in [0.3, 0.4) is 0 Å². The van der Waals surface area contributed by atoms with E-state index in [-0.39, 0.29) is 0 Å². The van der Waals surface area contributed by atoms with Crippen LogP contribution in [0, 0.1) is 0 Å². The normalized spacial score (nSPS) is 18.5. The number of aldehydes is 1. The summed E-state index contributed by atoms with van der Waals surface area (Å²) in [6.07, 6.45) is 3.50. The summed E-state index contributed by atoms with van der Waals surface area (Å²) in [4.78, 5) is 15.2. The zero-order valence-corrected chi connectivity index (χ0v) is 10.2. The van der Waals surface area contributed by atoms with E-state index >= 15 is 0 Å². The average Bonchev–Trinajstić information content (AvgIpc) is 2.22. The van der Waals surface area contributed by atoms with Crippen LogP contribution in [-0.2, 0) is 4.79 Å². The van der Waals surface area contributed by atoms with Crippen molar-refractivity contribution in [1.29, 1.82) is 0 Å². The summed E-state index contributed by atoms with van der Waals surface area (Å²) < 4.78 is 0. The Labute approximate surface area is 95.7 Å². The molecule has 0 saturated heterocycles. The monoisotopic (exact) mass is 225 g/mol. The van der Waals surface area contributed by atoms with Crippen LogP contribution < -0.4 is 0 Å². The van der Waals surface area contributed by atoms with Crippen LogP contribution in [0.5, 0.6) is 0 Å².